The number of carbonyl (C=O) groups is 1. The van der Waals surface area contributed by atoms with Crippen LogP contribution in [0.4, 0.5) is 13.2 Å². The third-order valence-electron chi connectivity index (χ3n) is 4.29. The van der Waals surface area contributed by atoms with Gasteiger partial charge in [-0.15, -0.1) is 0 Å². The molecule has 4 aromatic rings. The molecule has 4 rings (SSSR count). The van der Waals surface area contributed by atoms with Gasteiger partial charge in [-0.2, -0.15) is 18.2 Å². The molecule has 0 spiro atoms. The van der Waals surface area contributed by atoms with E-state index >= 15 is 0 Å². The van der Waals surface area contributed by atoms with Gasteiger partial charge in [-0.05, 0) is 24.3 Å². The van der Waals surface area contributed by atoms with Gasteiger partial charge in [-0.25, -0.2) is 4.98 Å². The van der Waals surface area contributed by atoms with Gasteiger partial charge in [0.2, 0.25) is 11.7 Å². The van der Waals surface area contributed by atoms with Gasteiger partial charge in [0.05, 0.1) is 5.69 Å². The van der Waals surface area contributed by atoms with E-state index in [2.05, 4.69) is 25.0 Å². The minimum Gasteiger partial charge on any atom is -0.444 e. The summed E-state index contributed by atoms with van der Waals surface area (Å²) in [6, 6.07) is 15.4. The third-order valence-corrected chi connectivity index (χ3v) is 4.29. The van der Waals surface area contributed by atoms with Crippen LogP contribution in [-0.4, -0.2) is 27.6 Å². The molecule has 2 aromatic carbocycles. The minimum atomic E-state index is -4.73. The van der Waals surface area contributed by atoms with Crippen LogP contribution in [0.15, 0.2) is 69.8 Å². The lowest BCUT2D eigenvalue weighted by Crippen LogP contribution is -2.25. The largest absolute Gasteiger partial charge is 0.471 e. The van der Waals surface area contributed by atoms with Gasteiger partial charge in [0.15, 0.2) is 0 Å². The molecule has 0 radical (unpaired) electrons. The first-order valence-corrected chi connectivity index (χ1v) is 9.19. The normalized spacial score (nSPS) is 11.5. The van der Waals surface area contributed by atoms with Gasteiger partial charge in [-0.1, -0.05) is 35.5 Å². The van der Waals surface area contributed by atoms with Crippen LogP contribution < -0.4 is 5.32 Å². The molecule has 0 saturated carbocycles. The van der Waals surface area contributed by atoms with Gasteiger partial charge in [-0.3, -0.25) is 4.79 Å². The van der Waals surface area contributed by atoms with Crippen molar-refractivity contribution in [2.24, 2.45) is 0 Å². The summed E-state index contributed by atoms with van der Waals surface area (Å²) in [6.45, 7) is 0.296. The molecule has 0 fully saturated rings. The highest BCUT2D eigenvalue weighted by atomic mass is 19.4. The summed E-state index contributed by atoms with van der Waals surface area (Å²) >= 11 is 0. The van der Waals surface area contributed by atoms with Gasteiger partial charge in [0.25, 0.3) is 5.91 Å². The number of amides is 1. The molecule has 1 amide bonds. The molecule has 31 heavy (non-hydrogen) atoms. The van der Waals surface area contributed by atoms with Crippen LogP contribution in [0.1, 0.15) is 21.9 Å². The van der Waals surface area contributed by atoms with Crippen molar-refractivity contribution in [1.82, 2.24) is 20.4 Å². The van der Waals surface area contributed by atoms with Crippen LogP contribution in [0.5, 0.6) is 0 Å². The van der Waals surface area contributed by atoms with Crippen LogP contribution in [0, 0.1) is 0 Å². The van der Waals surface area contributed by atoms with Crippen molar-refractivity contribution in [3.8, 4) is 22.8 Å². The number of oxazole rings is 1. The monoisotopic (exact) mass is 428 g/mol. The summed E-state index contributed by atoms with van der Waals surface area (Å²) in [6.07, 6.45) is -2.76. The Morgan fingerprint density at radius 3 is 2.52 bits per heavy atom. The van der Waals surface area contributed by atoms with Crippen molar-refractivity contribution in [2.75, 3.05) is 6.54 Å². The molecule has 0 unspecified atom stereocenters. The number of rotatable bonds is 6. The van der Waals surface area contributed by atoms with Crippen molar-refractivity contribution >= 4 is 5.91 Å². The zero-order valence-electron chi connectivity index (χ0n) is 15.9. The summed E-state index contributed by atoms with van der Waals surface area (Å²) in [5.74, 6) is -1.60. The first kappa shape index (κ1) is 20.3. The van der Waals surface area contributed by atoms with E-state index in [1.165, 1.54) is 30.5 Å². The van der Waals surface area contributed by atoms with E-state index in [1.807, 2.05) is 30.3 Å². The standard InChI is InChI=1S/C21H15F3N4O3/c22-21(23,24)20-27-17(28-31-20)14-7-4-8-15(11-14)18(29)25-10-9-16-12-30-19(26-16)13-5-2-1-3-6-13/h1-8,11-12H,9-10H2,(H,25,29). The van der Waals surface area contributed by atoms with Crippen molar-refractivity contribution < 1.29 is 26.9 Å². The zero-order chi connectivity index (χ0) is 21.8. The number of benzene rings is 2. The summed E-state index contributed by atoms with van der Waals surface area (Å²) < 4.78 is 47.6. The second-order valence-electron chi connectivity index (χ2n) is 6.52. The quantitative estimate of drug-likeness (QED) is 0.490. The second kappa shape index (κ2) is 8.42. The van der Waals surface area contributed by atoms with Crippen LogP contribution >= 0.6 is 0 Å². The Balaban J connectivity index is 1.37. The van der Waals surface area contributed by atoms with Crippen LogP contribution in [0.3, 0.4) is 0 Å². The van der Waals surface area contributed by atoms with Crippen molar-refractivity contribution in [2.45, 2.75) is 12.6 Å². The zero-order valence-corrected chi connectivity index (χ0v) is 15.9. The topological polar surface area (TPSA) is 94.1 Å². The number of hydrogen-bond donors (Lipinski definition) is 1. The maximum atomic E-state index is 12.6. The van der Waals surface area contributed by atoms with Gasteiger partial charge < -0.3 is 14.3 Å². The SMILES string of the molecule is O=C(NCCc1coc(-c2ccccc2)n1)c1cccc(-c2noc(C(F)(F)F)n2)c1. The van der Waals surface area contributed by atoms with Gasteiger partial charge in [0.1, 0.15) is 6.26 Å². The first-order valence-electron chi connectivity index (χ1n) is 9.19. The Morgan fingerprint density at radius 1 is 1.00 bits per heavy atom. The molecule has 2 heterocycles. The summed E-state index contributed by atoms with van der Waals surface area (Å²) in [5, 5.41) is 6.07. The lowest BCUT2D eigenvalue weighted by molar-refractivity contribution is -0.159. The van der Waals surface area contributed by atoms with E-state index in [-0.39, 0.29) is 17.0 Å². The fraction of sp³-hybridized carbons (Fsp3) is 0.143. The number of halogens is 3. The average molecular weight is 428 g/mol. The third kappa shape index (κ3) is 4.80. The average Bonchev–Trinajstić information content (AvgIpc) is 3.44. The van der Waals surface area contributed by atoms with E-state index in [9.17, 15) is 18.0 Å². The van der Waals surface area contributed by atoms with E-state index in [1.54, 1.807) is 0 Å². The number of nitrogens with zero attached hydrogens (tertiary/aromatic N) is 3. The maximum absolute atomic E-state index is 12.6. The minimum absolute atomic E-state index is 0.232. The maximum Gasteiger partial charge on any atom is 0.471 e. The highest BCUT2D eigenvalue weighted by molar-refractivity contribution is 5.95. The molecule has 0 aliphatic carbocycles. The van der Waals surface area contributed by atoms with Crippen molar-refractivity contribution in [3.05, 3.63) is 78.0 Å². The Bertz CT molecular complexity index is 1190. The molecular formula is C21H15F3N4O3. The Morgan fingerprint density at radius 2 is 1.77 bits per heavy atom. The van der Waals surface area contributed by atoms with E-state index in [4.69, 9.17) is 4.42 Å². The van der Waals surface area contributed by atoms with Crippen LogP contribution in [0.25, 0.3) is 22.8 Å². The summed E-state index contributed by atoms with van der Waals surface area (Å²) in [7, 11) is 0. The lowest BCUT2D eigenvalue weighted by Gasteiger charge is -2.05. The number of alkyl halides is 3. The fourth-order valence-corrected chi connectivity index (χ4v) is 2.80. The molecule has 0 atom stereocenters. The first-order chi connectivity index (χ1) is 14.9. The summed E-state index contributed by atoms with van der Waals surface area (Å²) in [5.41, 5.74) is 2.01. The smallest absolute Gasteiger partial charge is 0.444 e. The molecule has 0 aliphatic heterocycles. The van der Waals surface area contributed by atoms with Crippen LogP contribution in [-0.2, 0) is 12.6 Å². The number of carbonyl (C=O) groups excluding carboxylic acids is 1. The van der Waals surface area contributed by atoms with E-state index < -0.39 is 18.0 Å². The van der Waals surface area contributed by atoms with Gasteiger partial charge in [0, 0.05) is 29.7 Å². The van der Waals surface area contributed by atoms with E-state index in [0.29, 0.717) is 24.6 Å². The molecule has 0 bridgehead atoms. The highest BCUT2D eigenvalue weighted by Crippen LogP contribution is 2.29. The Labute approximate surface area is 173 Å². The highest BCUT2D eigenvalue weighted by Gasteiger charge is 2.38. The number of hydrogen-bond acceptors (Lipinski definition) is 6. The predicted octanol–water partition coefficient (Wildman–Crippen LogP) is 4.38. The molecule has 1 N–H and O–H groups in total. The molecule has 7 nitrogen and oxygen atoms in total. The van der Waals surface area contributed by atoms with Crippen molar-refractivity contribution in [3.63, 3.8) is 0 Å². The molecular weight excluding hydrogens is 413 g/mol. The van der Waals surface area contributed by atoms with E-state index in [0.717, 1.165) is 5.56 Å². The number of aromatic nitrogens is 3. The molecule has 158 valence electrons. The molecule has 0 aliphatic rings. The van der Waals surface area contributed by atoms with Crippen LogP contribution in [0.2, 0.25) is 0 Å². The molecule has 2 aromatic heterocycles. The molecule has 10 heteroatoms. The Hall–Kier alpha value is -3.95. The lowest BCUT2D eigenvalue weighted by atomic mass is 10.1. The Kier molecular flexibility index (Phi) is 5.52. The fourth-order valence-electron chi connectivity index (χ4n) is 2.80. The van der Waals surface area contributed by atoms with Gasteiger partial charge >= 0.3 is 12.1 Å². The van der Waals surface area contributed by atoms with Crippen molar-refractivity contribution in [1.29, 1.82) is 0 Å². The number of nitrogens with one attached hydrogen (secondary N) is 1. The second-order valence-corrected chi connectivity index (χ2v) is 6.52. The summed E-state index contributed by atoms with van der Waals surface area (Å²) in [4.78, 5) is 20.1. The predicted molar refractivity (Wildman–Crippen MR) is 103 cm³/mol. The molecule has 0 saturated heterocycles.